The van der Waals surface area contributed by atoms with Crippen molar-refractivity contribution in [1.29, 1.82) is 0 Å². The summed E-state index contributed by atoms with van der Waals surface area (Å²) in [5.41, 5.74) is -0.387. The zero-order chi connectivity index (χ0) is 8.69. The second-order valence-electron chi connectivity index (χ2n) is 1.51. The molecule has 1 N–H and O–H groups in total. The molecule has 0 heterocycles. The second-order valence-corrected chi connectivity index (χ2v) is 1.51. The number of ether oxygens (including phenoxy) is 1. The Morgan fingerprint density at radius 2 is 2.25 bits per heavy atom. The number of carbonyl (C=O) groups excluding carboxylic acids is 2. The van der Waals surface area contributed by atoms with E-state index in [9.17, 15) is 14.7 Å². The average Bonchev–Trinajstić information content (AvgIpc) is 2.00. The molecule has 0 rings (SSSR count). The summed E-state index contributed by atoms with van der Waals surface area (Å²) in [6.07, 6.45) is 0.465. The third-order valence-corrected chi connectivity index (χ3v) is 0.828. The van der Waals surface area contributed by atoms with Crippen molar-refractivity contribution in [1.82, 2.24) is 5.32 Å². The van der Waals surface area contributed by atoms with Crippen LogP contribution < -0.4 is 40.0 Å². The number of hydrogen-bond donors (Lipinski definition) is 1. The Morgan fingerprint density at radius 3 is 2.58 bits per heavy atom. The monoisotopic (exact) mass is 181 g/mol. The number of nitrogens with one attached hydrogen (secondary N) is 1. The fourth-order valence-corrected chi connectivity index (χ4v) is 0.413. The van der Waals surface area contributed by atoms with Crippen molar-refractivity contribution in [2.45, 2.75) is 6.92 Å². The van der Waals surface area contributed by atoms with Crippen molar-refractivity contribution in [3.8, 4) is 0 Å². The second kappa shape index (κ2) is 8.58. The minimum absolute atomic E-state index is 0. The van der Waals surface area contributed by atoms with Gasteiger partial charge in [-0.3, -0.25) is 4.79 Å². The van der Waals surface area contributed by atoms with E-state index < -0.39 is 5.97 Å². The molecule has 12 heavy (non-hydrogen) atoms. The standard InChI is InChI=1S/C6H9NO4.Na/c1-2-11-6(10)5(3-8)7-4-9;/h3-4,8H,2H2,1H3,(H,7,9);/q;+1/p-1/b5-3-;. The Morgan fingerprint density at radius 1 is 1.67 bits per heavy atom. The molecule has 0 saturated heterocycles. The molecule has 0 aromatic rings. The van der Waals surface area contributed by atoms with E-state index in [0.717, 1.165) is 0 Å². The van der Waals surface area contributed by atoms with Gasteiger partial charge in [-0.05, 0) is 6.92 Å². The Labute approximate surface area is 92.1 Å². The number of hydrogen-bond acceptors (Lipinski definition) is 4. The molecule has 0 aromatic carbocycles. The van der Waals surface area contributed by atoms with Crippen molar-refractivity contribution in [3.63, 3.8) is 0 Å². The molecule has 5 nitrogen and oxygen atoms in total. The molecule has 6 heteroatoms. The first-order chi connectivity index (χ1) is 5.26. The van der Waals surface area contributed by atoms with E-state index >= 15 is 0 Å². The molecule has 0 saturated carbocycles. The summed E-state index contributed by atoms with van der Waals surface area (Å²) in [6.45, 7) is 1.76. The number of carbonyl (C=O) groups is 2. The van der Waals surface area contributed by atoms with Gasteiger partial charge in [-0.25, -0.2) is 4.79 Å². The number of rotatable bonds is 4. The topological polar surface area (TPSA) is 78.5 Å². The molecule has 0 atom stereocenters. The van der Waals surface area contributed by atoms with Crippen molar-refractivity contribution in [2.24, 2.45) is 0 Å². The van der Waals surface area contributed by atoms with Gasteiger partial charge in [-0.2, -0.15) is 0 Å². The summed E-state index contributed by atoms with van der Waals surface area (Å²) in [6, 6.07) is 0. The van der Waals surface area contributed by atoms with Gasteiger partial charge < -0.3 is 15.2 Å². The van der Waals surface area contributed by atoms with Crippen LogP contribution in [0.15, 0.2) is 12.0 Å². The summed E-state index contributed by atoms with van der Waals surface area (Å²) in [5.74, 6) is -0.824. The van der Waals surface area contributed by atoms with Gasteiger partial charge in [0, 0.05) is 0 Å². The van der Waals surface area contributed by atoms with Crippen LogP contribution in [0.2, 0.25) is 0 Å². The van der Waals surface area contributed by atoms with Gasteiger partial charge >= 0.3 is 35.5 Å². The third-order valence-electron chi connectivity index (χ3n) is 0.828. The molecular weight excluding hydrogens is 173 g/mol. The predicted octanol–water partition coefficient (Wildman–Crippen LogP) is -4.50. The fourth-order valence-electron chi connectivity index (χ4n) is 0.413. The minimum atomic E-state index is -0.824. The normalized spacial score (nSPS) is 9.58. The predicted molar refractivity (Wildman–Crippen MR) is 33.9 cm³/mol. The molecule has 1 amide bonds. The summed E-state index contributed by atoms with van der Waals surface area (Å²) in [7, 11) is 0. The molecular formula is C6H8NNaO4. The summed E-state index contributed by atoms with van der Waals surface area (Å²) >= 11 is 0. The molecule has 0 aliphatic rings. The van der Waals surface area contributed by atoms with Gasteiger partial charge in [0.05, 0.1) is 6.61 Å². The molecule has 62 valence electrons. The minimum Gasteiger partial charge on any atom is -0.876 e. The first-order valence-electron chi connectivity index (χ1n) is 2.95. The van der Waals surface area contributed by atoms with Crippen molar-refractivity contribution in [2.75, 3.05) is 6.61 Å². The van der Waals surface area contributed by atoms with Crippen molar-refractivity contribution < 1.29 is 49.0 Å². The molecule has 0 aromatic heterocycles. The van der Waals surface area contributed by atoms with Crippen LogP contribution >= 0.6 is 0 Å². The largest absolute Gasteiger partial charge is 1.00 e. The zero-order valence-electron chi connectivity index (χ0n) is 6.99. The summed E-state index contributed by atoms with van der Waals surface area (Å²) < 4.78 is 4.42. The van der Waals surface area contributed by atoms with E-state index in [0.29, 0.717) is 0 Å². The maximum Gasteiger partial charge on any atom is 1.00 e. The van der Waals surface area contributed by atoms with Crippen molar-refractivity contribution in [3.05, 3.63) is 12.0 Å². The van der Waals surface area contributed by atoms with Gasteiger partial charge in [0.15, 0.2) is 0 Å². The first-order valence-corrected chi connectivity index (χ1v) is 2.95. The van der Waals surface area contributed by atoms with Gasteiger partial charge in [-0.1, -0.05) is 0 Å². The number of amides is 1. The van der Waals surface area contributed by atoms with Gasteiger partial charge in [-0.15, -0.1) is 6.26 Å². The van der Waals surface area contributed by atoms with E-state index in [1.165, 1.54) is 0 Å². The third kappa shape index (κ3) is 5.17. The van der Waals surface area contributed by atoms with Crippen molar-refractivity contribution >= 4 is 12.4 Å². The summed E-state index contributed by atoms with van der Waals surface area (Å²) in [5, 5.41) is 12.0. The van der Waals surface area contributed by atoms with Crippen LogP contribution in [-0.4, -0.2) is 19.0 Å². The fraction of sp³-hybridized carbons (Fsp3) is 0.333. The van der Waals surface area contributed by atoms with Crippen LogP contribution in [0.25, 0.3) is 0 Å². The Bertz CT molecular complexity index is 180. The maximum atomic E-state index is 10.7. The van der Waals surface area contributed by atoms with Crippen LogP contribution in [0.5, 0.6) is 0 Å². The number of esters is 1. The molecule has 0 aliphatic carbocycles. The molecule has 0 aliphatic heterocycles. The Kier molecular flexibility index (Phi) is 10.0. The Balaban J connectivity index is 0. The van der Waals surface area contributed by atoms with E-state index in [2.05, 4.69) is 4.74 Å². The van der Waals surface area contributed by atoms with E-state index in [-0.39, 0.29) is 54.5 Å². The van der Waals surface area contributed by atoms with Gasteiger partial charge in [0.1, 0.15) is 5.70 Å². The maximum absolute atomic E-state index is 10.7. The first kappa shape index (κ1) is 14.0. The quantitative estimate of drug-likeness (QED) is 0.156. The molecule has 0 radical (unpaired) electrons. The molecule has 0 fully saturated rings. The van der Waals surface area contributed by atoms with Crippen LogP contribution in [0.1, 0.15) is 6.92 Å². The SMILES string of the molecule is CCOC(=O)/C(=C/[O-])NC=O.[Na+]. The zero-order valence-corrected chi connectivity index (χ0v) is 8.99. The molecule has 0 bridgehead atoms. The smallest absolute Gasteiger partial charge is 0.876 e. The van der Waals surface area contributed by atoms with Crippen LogP contribution in [0.4, 0.5) is 0 Å². The van der Waals surface area contributed by atoms with E-state index in [1.54, 1.807) is 6.92 Å². The van der Waals surface area contributed by atoms with E-state index in [4.69, 9.17) is 0 Å². The van der Waals surface area contributed by atoms with E-state index in [1.807, 2.05) is 5.32 Å². The molecule has 0 unspecified atom stereocenters. The van der Waals surface area contributed by atoms with Gasteiger partial charge in [0.25, 0.3) is 0 Å². The average molecular weight is 181 g/mol. The van der Waals surface area contributed by atoms with Crippen LogP contribution in [0, 0.1) is 0 Å². The van der Waals surface area contributed by atoms with Gasteiger partial charge in [0.2, 0.25) is 6.41 Å². The van der Waals surface area contributed by atoms with Crippen LogP contribution in [0.3, 0.4) is 0 Å². The Hall–Kier alpha value is -0.520. The summed E-state index contributed by atoms with van der Waals surface area (Å²) in [4.78, 5) is 20.4. The molecule has 0 spiro atoms. The van der Waals surface area contributed by atoms with Crippen LogP contribution in [-0.2, 0) is 14.3 Å².